The van der Waals surface area contributed by atoms with Crippen molar-refractivity contribution in [2.24, 2.45) is 34.0 Å². The molecule has 0 aliphatic heterocycles. The number of hydrogen-bond donors (Lipinski definition) is 0. The van der Waals surface area contributed by atoms with Gasteiger partial charge < -0.3 is 0 Å². The van der Waals surface area contributed by atoms with E-state index >= 15 is 0 Å². The van der Waals surface area contributed by atoms with E-state index in [1.165, 1.54) is 30.3 Å². The van der Waals surface area contributed by atoms with E-state index in [1.807, 2.05) is 0 Å². The van der Waals surface area contributed by atoms with E-state index in [-0.39, 0.29) is 0 Å². The Morgan fingerprint density at radius 3 is 1.74 bits per heavy atom. The molecule has 0 heterocycles. The van der Waals surface area contributed by atoms with E-state index in [0.717, 1.165) is 26.2 Å². The molecule has 0 aliphatic carbocycles. The molecule has 0 aromatic rings. The van der Waals surface area contributed by atoms with E-state index in [0.29, 0.717) is 16.2 Å². The topological polar surface area (TPSA) is 0 Å². The maximum Gasteiger partial charge on any atom is 0.225 e. The molecule has 138 valence electrons. The van der Waals surface area contributed by atoms with Gasteiger partial charge in [0, 0.05) is 0 Å². The summed E-state index contributed by atoms with van der Waals surface area (Å²) in [5, 5.41) is 0. The molecular formula is C20H43BIP. The molecule has 3 unspecified atom stereocenters. The summed E-state index contributed by atoms with van der Waals surface area (Å²) in [6.45, 7) is 24.6. The molecule has 3 heteroatoms. The molecule has 0 aliphatic rings. The van der Waals surface area contributed by atoms with Gasteiger partial charge in [-0.1, -0.05) is 69.2 Å². The minimum Gasteiger partial charge on any atom is -0.148 e. The minimum absolute atomic E-state index is 0.434. The average molecular weight is 452 g/mol. The lowest BCUT2D eigenvalue weighted by atomic mass is 9.65. The summed E-state index contributed by atoms with van der Waals surface area (Å²) in [7, 11) is 1.12. The number of rotatable bonds is 11. The molecule has 0 spiro atoms. The fourth-order valence-corrected chi connectivity index (χ4v) is 6.59. The molecule has 23 heavy (non-hydrogen) atoms. The van der Waals surface area contributed by atoms with Gasteiger partial charge in [0.2, 0.25) is 4.86 Å². The maximum absolute atomic E-state index is 2.52. The van der Waals surface area contributed by atoms with Crippen molar-refractivity contribution >= 4 is 35.7 Å². The lowest BCUT2D eigenvalue weighted by Gasteiger charge is -2.42. The summed E-state index contributed by atoms with van der Waals surface area (Å²) < 4.78 is 0. The Bertz CT molecular complexity index is 337. The van der Waals surface area contributed by atoms with E-state index in [1.54, 1.807) is 0 Å². The van der Waals surface area contributed by atoms with Crippen molar-refractivity contribution in [1.29, 1.82) is 0 Å². The normalized spacial score (nSPS) is 17.0. The zero-order valence-corrected chi connectivity index (χ0v) is 20.8. The quantitative estimate of drug-likeness (QED) is 0.173. The van der Waals surface area contributed by atoms with Crippen LogP contribution in [0.15, 0.2) is 0 Å². The largest absolute Gasteiger partial charge is 0.225 e. The van der Waals surface area contributed by atoms with Crippen molar-refractivity contribution in [3.63, 3.8) is 0 Å². The zero-order valence-electron chi connectivity index (χ0n) is 17.6. The van der Waals surface area contributed by atoms with Crippen molar-refractivity contribution in [3.05, 3.63) is 0 Å². The molecule has 0 saturated carbocycles. The average Bonchev–Trinajstić information content (AvgIpc) is 2.31. The van der Waals surface area contributed by atoms with Crippen LogP contribution >= 0.6 is 30.8 Å². The van der Waals surface area contributed by atoms with Gasteiger partial charge in [-0.05, 0) is 59.4 Å². The summed E-state index contributed by atoms with van der Waals surface area (Å²) in [6.07, 6.45) is 5.43. The Kier molecular flexibility index (Phi) is 10.3. The first-order valence-corrected chi connectivity index (χ1v) is 12.4. The minimum atomic E-state index is 0.434. The van der Waals surface area contributed by atoms with Gasteiger partial charge in [-0.2, -0.15) is 0 Å². The van der Waals surface area contributed by atoms with Gasteiger partial charge in [0.15, 0.2) is 0 Å². The fraction of sp³-hybridized carbons (Fsp3) is 1.00. The second-order valence-electron chi connectivity index (χ2n) is 10.7. The van der Waals surface area contributed by atoms with Crippen LogP contribution in [0.4, 0.5) is 0 Å². The van der Waals surface area contributed by atoms with Crippen molar-refractivity contribution in [2.45, 2.75) is 88.5 Å². The van der Waals surface area contributed by atoms with Crippen LogP contribution in [0.3, 0.4) is 0 Å². The smallest absolute Gasteiger partial charge is 0.148 e. The predicted molar refractivity (Wildman–Crippen MR) is 123 cm³/mol. The van der Waals surface area contributed by atoms with Gasteiger partial charge in [0.05, 0.1) is 0 Å². The van der Waals surface area contributed by atoms with Gasteiger partial charge in [0.1, 0.15) is 0 Å². The van der Waals surface area contributed by atoms with Crippen LogP contribution in [0.2, 0.25) is 0 Å². The summed E-state index contributed by atoms with van der Waals surface area (Å²) in [6, 6.07) is 0. The van der Waals surface area contributed by atoms with E-state index in [9.17, 15) is 0 Å². The van der Waals surface area contributed by atoms with Crippen molar-refractivity contribution < 1.29 is 0 Å². The van der Waals surface area contributed by atoms with Crippen molar-refractivity contribution in [2.75, 3.05) is 6.16 Å². The monoisotopic (exact) mass is 452 g/mol. The molecule has 0 saturated heterocycles. The SMILES string of the molecule is CC(C)C(C)C(C)CC(C)(C)CC(C)(C)CC(C)(C)CPBI. The first-order chi connectivity index (χ1) is 10.2. The molecule has 3 atom stereocenters. The van der Waals surface area contributed by atoms with Crippen LogP contribution in [-0.2, 0) is 0 Å². The Labute approximate surface area is 164 Å². The first kappa shape index (κ1) is 24.2. The molecule has 0 rings (SSSR count). The molecule has 0 aromatic carbocycles. The highest BCUT2D eigenvalue weighted by Gasteiger charge is 2.35. The molecule has 0 bridgehead atoms. The summed E-state index contributed by atoms with van der Waals surface area (Å²) in [5.74, 6) is 2.43. The van der Waals surface area contributed by atoms with Gasteiger partial charge in [0.25, 0.3) is 0 Å². The van der Waals surface area contributed by atoms with Crippen LogP contribution in [0.25, 0.3) is 0 Å². The first-order valence-electron chi connectivity index (χ1n) is 9.48. The van der Waals surface area contributed by atoms with Crippen LogP contribution in [0, 0.1) is 34.0 Å². The van der Waals surface area contributed by atoms with Crippen LogP contribution < -0.4 is 0 Å². The standard InChI is InChI=1S/C20H43BIP/c1-15(2)17(4)16(3)11-18(5,6)12-19(7,8)13-20(9,10)14-23-21-22/h15-17,21,23H,11-14H2,1-10H3. The Morgan fingerprint density at radius 2 is 1.30 bits per heavy atom. The van der Waals surface area contributed by atoms with Gasteiger partial charge in [-0.25, -0.2) is 0 Å². The highest BCUT2D eigenvalue weighted by molar-refractivity contribution is 14.1. The molecule has 0 fully saturated rings. The third-order valence-electron chi connectivity index (χ3n) is 5.44. The third-order valence-corrected chi connectivity index (χ3v) is 8.45. The molecule has 0 amide bonds. The molecule has 0 N–H and O–H groups in total. The number of halogens is 1. The Hall–Kier alpha value is 1.22. The lowest BCUT2D eigenvalue weighted by Crippen LogP contribution is -2.31. The van der Waals surface area contributed by atoms with Crippen molar-refractivity contribution in [3.8, 4) is 0 Å². The predicted octanol–water partition coefficient (Wildman–Crippen LogP) is 7.54. The van der Waals surface area contributed by atoms with E-state index in [4.69, 9.17) is 0 Å². The van der Waals surface area contributed by atoms with Gasteiger partial charge >= 0.3 is 0 Å². The third kappa shape index (κ3) is 10.7. The second-order valence-corrected chi connectivity index (χ2v) is 14.1. The van der Waals surface area contributed by atoms with Gasteiger partial charge in [-0.3, -0.25) is 0 Å². The summed E-state index contributed by atoms with van der Waals surface area (Å²) >= 11 is 2.52. The van der Waals surface area contributed by atoms with E-state index < -0.39 is 0 Å². The zero-order chi connectivity index (χ0) is 18.5. The summed E-state index contributed by atoms with van der Waals surface area (Å²) in [5.41, 5.74) is 1.36. The Balaban J connectivity index is 4.72. The van der Waals surface area contributed by atoms with Gasteiger partial charge in [-0.15, -0.1) is 30.8 Å². The molecule has 0 nitrogen and oxygen atoms in total. The number of hydrogen-bond acceptors (Lipinski definition) is 0. The lowest BCUT2D eigenvalue weighted by molar-refractivity contribution is 0.103. The highest BCUT2D eigenvalue weighted by Crippen LogP contribution is 2.46. The van der Waals surface area contributed by atoms with Crippen LogP contribution in [0.1, 0.15) is 88.5 Å². The fourth-order valence-electron chi connectivity index (χ4n) is 4.89. The van der Waals surface area contributed by atoms with Crippen LogP contribution in [0.5, 0.6) is 0 Å². The Morgan fingerprint density at radius 1 is 0.826 bits per heavy atom. The highest BCUT2D eigenvalue weighted by atomic mass is 127. The van der Waals surface area contributed by atoms with E-state index in [2.05, 4.69) is 91.6 Å². The van der Waals surface area contributed by atoms with Crippen molar-refractivity contribution in [1.82, 2.24) is 0 Å². The molecular weight excluding hydrogens is 409 g/mol. The summed E-state index contributed by atoms with van der Waals surface area (Å²) in [4.78, 5) is 1.32. The second kappa shape index (κ2) is 9.79. The van der Waals surface area contributed by atoms with Crippen LogP contribution in [-0.4, -0.2) is 11.0 Å². The maximum atomic E-state index is 2.52. The molecule has 0 aromatic heterocycles. The molecule has 0 radical (unpaired) electrons.